The molecule has 0 saturated carbocycles. The van der Waals surface area contributed by atoms with Crippen molar-refractivity contribution in [2.75, 3.05) is 6.54 Å². The highest BCUT2D eigenvalue weighted by atomic mass is 32.2. The molecule has 0 amide bonds. The molecule has 0 unspecified atom stereocenters. The van der Waals surface area contributed by atoms with Crippen LogP contribution in [-0.2, 0) is 5.75 Å². The van der Waals surface area contributed by atoms with Crippen molar-refractivity contribution in [3.8, 4) is 0 Å². The second-order valence-electron chi connectivity index (χ2n) is 4.85. The number of fused-ring (bicyclic) bond motifs is 3. The van der Waals surface area contributed by atoms with Crippen LogP contribution in [0.15, 0.2) is 56.7 Å². The summed E-state index contributed by atoms with van der Waals surface area (Å²) >= 11 is 1.43. The second kappa shape index (κ2) is 6.23. The number of hydrogen-bond acceptors (Lipinski definition) is 4. The number of hydrogen-bond donors (Lipinski definition) is 1. The molecule has 22 heavy (non-hydrogen) atoms. The lowest BCUT2D eigenvalue weighted by atomic mass is 10.0. The van der Waals surface area contributed by atoms with Crippen LogP contribution in [0.4, 0.5) is 0 Å². The number of nitrogens with two attached hydrogens (primary N) is 1. The Kier molecular flexibility index (Phi) is 4.15. The first-order valence-corrected chi connectivity index (χ1v) is 8.05. The molecule has 1 heterocycles. The fourth-order valence-corrected chi connectivity index (χ4v) is 3.24. The van der Waals surface area contributed by atoms with E-state index in [2.05, 4.69) is 4.99 Å². The SMILES string of the molecule is CCN=C(N)SCc1cc(=O)oc2ccc3ccccc3c12. The molecule has 0 aliphatic rings. The molecule has 2 aromatic carbocycles. The van der Waals surface area contributed by atoms with Crippen LogP contribution in [-0.4, -0.2) is 11.7 Å². The number of aliphatic imine (C=N–C) groups is 1. The van der Waals surface area contributed by atoms with Crippen LogP contribution < -0.4 is 11.4 Å². The molecule has 0 saturated heterocycles. The lowest BCUT2D eigenvalue weighted by Gasteiger charge is -2.08. The quantitative estimate of drug-likeness (QED) is 0.348. The van der Waals surface area contributed by atoms with Gasteiger partial charge in [-0.15, -0.1) is 0 Å². The lowest BCUT2D eigenvalue weighted by molar-refractivity contribution is 0.560. The predicted octanol–water partition coefficient (Wildman–Crippen LogP) is 3.51. The zero-order valence-electron chi connectivity index (χ0n) is 12.2. The Morgan fingerprint density at radius 1 is 1.27 bits per heavy atom. The van der Waals surface area contributed by atoms with E-state index in [-0.39, 0.29) is 5.63 Å². The van der Waals surface area contributed by atoms with Crippen LogP contribution >= 0.6 is 11.8 Å². The molecular formula is C17H16N2O2S. The fraction of sp³-hybridized carbons (Fsp3) is 0.176. The van der Waals surface area contributed by atoms with Gasteiger partial charge in [-0.3, -0.25) is 4.99 Å². The van der Waals surface area contributed by atoms with Crippen LogP contribution in [0.2, 0.25) is 0 Å². The van der Waals surface area contributed by atoms with Crippen molar-refractivity contribution in [2.45, 2.75) is 12.7 Å². The number of rotatable bonds is 3. The summed E-state index contributed by atoms with van der Waals surface area (Å²) in [6.45, 7) is 2.59. The largest absolute Gasteiger partial charge is 0.423 e. The number of thioether (sulfide) groups is 1. The minimum atomic E-state index is -0.343. The topological polar surface area (TPSA) is 68.6 Å². The monoisotopic (exact) mass is 312 g/mol. The van der Waals surface area contributed by atoms with Gasteiger partial charge in [-0.05, 0) is 29.3 Å². The average molecular weight is 312 g/mol. The van der Waals surface area contributed by atoms with Crippen LogP contribution in [0.1, 0.15) is 12.5 Å². The molecule has 3 aromatic rings. The molecule has 4 nitrogen and oxygen atoms in total. The van der Waals surface area contributed by atoms with Gasteiger partial charge in [-0.25, -0.2) is 4.79 Å². The van der Waals surface area contributed by atoms with Gasteiger partial charge in [0.2, 0.25) is 0 Å². The van der Waals surface area contributed by atoms with Crippen molar-refractivity contribution in [3.05, 3.63) is 58.4 Å². The maximum Gasteiger partial charge on any atom is 0.336 e. The molecule has 5 heteroatoms. The average Bonchev–Trinajstić information content (AvgIpc) is 2.52. The first-order chi connectivity index (χ1) is 10.7. The standard InChI is InChI=1S/C17H16N2O2S/c1-2-19-17(18)22-10-12-9-15(20)21-14-8-7-11-5-3-4-6-13(11)16(12)14/h3-9H,2,10H2,1H3,(H2,18,19). The Morgan fingerprint density at radius 3 is 2.91 bits per heavy atom. The van der Waals surface area contributed by atoms with Crippen molar-refractivity contribution in [3.63, 3.8) is 0 Å². The van der Waals surface area contributed by atoms with Gasteiger partial charge in [0.15, 0.2) is 5.17 Å². The maximum atomic E-state index is 11.8. The fourth-order valence-electron chi connectivity index (χ4n) is 2.49. The molecule has 0 atom stereocenters. The van der Waals surface area contributed by atoms with Crippen LogP contribution in [0, 0.1) is 0 Å². The van der Waals surface area contributed by atoms with Crippen molar-refractivity contribution in [2.24, 2.45) is 10.7 Å². The summed E-state index contributed by atoms with van der Waals surface area (Å²) in [5, 5.41) is 3.69. The summed E-state index contributed by atoms with van der Waals surface area (Å²) in [6, 6.07) is 13.4. The van der Waals surface area contributed by atoms with E-state index in [9.17, 15) is 4.79 Å². The third kappa shape index (κ3) is 2.85. The molecule has 0 fully saturated rings. The second-order valence-corrected chi connectivity index (χ2v) is 5.85. The summed E-state index contributed by atoms with van der Waals surface area (Å²) < 4.78 is 5.34. The molecule has 3 rings (SSSR count). The van der Waals surface area contributed by atoms with E-state index in [4.69, 9.17) is 10.2 Å². The molecule has 0 bridgehead atoms. The predicted molar refractivity (Wildman–Crippen MR) is 93.4 cm³/mol. The molecule has 0 spiro atoms. The first kappa shape index (κ1) is 14.7. The van der Waals surface area contributed by atoms with Crippen molar-refractivity contribution in [1.82, 2.24) is 0 Å². The van der Waals surface area contributed by atoms with E-state index in [1.807, 2.05) is 43.3 Å². The normalized spacial score (nSPS) is 12.1. The van der Waals surface area contributed by atoms with E-state index < -0.39 is 0 Å². The lowest BCUT2D eigenvalue weighted by Crippen LogP contribution is -2.08. The Labute approximate surface area is 132 Å². The Balaban J connectivity index is 2.17. The van der Waals surface area contributed by atoms with Crippen molar-refractivity contribution < 1.29 is 4.42 Å². The maximum absolute atomic E-state index is 11.8. The van der Waals surface area contributed by atoms with Gasteiger partial charge in [0.05, 0.1) is 0 Å². The third-order valence-corrected chi connectivity index (χ3v) is 4.28. The van der Waals surface area contributed by atoms with Gasteiger partial charge in [0.25, 0.3) is 0 Å². The zero-order chi connectivity index (χ0) is 15.5. The molecule has 0 radical (unpaired) electrons. The van der Waals surface area contributed by atoms with Gasteiger partial charge in [-0.2, -0.15) is 0 Å². The van der Waals surface area contributed by atoms with E-state index in [1.165, 1.54) is 11.8 Å². The minimum Gasteiger partial charge on any atom is -0.423 e. The van der Waals surface area contributed by atoms with Crippen LogP contribution in [0.25, 0.3) is 21.7 Å². The minimum absolute atomic E-state index is 0.343. The molecule has 1 aromatic heterocycles. The van der Waals surface area contributed by atoms with E-state index in [0.29, 0.717) is 23.0 Å². The smallest absolute Gasteiger partial charge is 0.336 e. The number of benzene rings is 2. The van der Waals surface area contributed by atoms with Crippen molar-refractivity contribution in [1.29, 1.82) is 0 Å². The summed E-state index contributed by atoms with van der Waals surface area (Å²) in [6.07, 6.45) is 0. The summed E-state index contributed by atoms with van der Waals surface area (Å²) in [5.74, 6) is 0.589. The Morgan fingerprint density at radius 2 is 2.09 bits per heavy atom. The van der Waals surface area contributed by atoms with Gasteiger partial charge in [0, 0.05) is 23.8 Å². The van der Waals surface area contributed by atoms with Gasteiger partial charge >= 0.3 is 5.63 Å². The summed E-state index contributed by atoms with van der Waals surface area (Å²) in [4.78, 5) is 15.9. The third-order valence-electron chi connectivity index (χ3n) is 3.40. The highest BCUT2D eigenvalue weighted by Gasteiger charge is 2.10. The van der Waals surface area contributed by atoms with Gasteiger partial charge < -0.3 is 10.2 Å². The Hall–Kier alpha value is -2.27. The van der Waals surface area contributed by atoms with Crippen LogP contribution in [0.3, 0.4) is 0 Å². The van der Waals surface area contributed by atoms with Gasteiger partial charge in [-0.1, -0.05) is 42.1 Å². The summed E-state index contributed by atoms with van der Waals surface area (Å²) in [7, 11) is 0. The molecular weight excluding hydrogens is 296 g/mol. The van der Waals surface area contributed by atoms with E-state index in [0.717, 1.165) is 21.7 Å². The summed E-state index contributed by atoms with van der Waals surface area (Å²) in [5.41, 5.74) is 7.02. The Bertz CT molecular complexity index is 915. The number of nitrogens with zero attached hydrogens (tertiary/aromatic N) is 1. The molecule has 0 aliphatic carbocycles. The van der Waals surface area contributed by atoms with Crippen LogP contribution in [0.5, 0.6) is 0 Å². The molecule has 112 valence electrons. The first-order valence-electron chi connectivity index (χ1n) is 7.06. The zero-order valence-corrected chi connectivity index (χ0v) is 13.0. The van der Waals surface area contributed by atoms with Crippen molar-refractivity contribution >= 4 is 38.7 Å². The van der Waals surface area contributed by atoms with E-state index in [1.54, 1.807) is 6.07 Å². The highest BCUT2D eigenvalue weighted by molar-refractivity contribution is 8.13. The highest BCUT2D eigenvalue weighted by Crippen LogP contribution is 2.29. The van der Waals surface area contributed by atoms with Gasteiger partial charge in [0.1, 0.15) is 5.58 Å². The molecule has 0 aliphatic heterocycles. The van der Waals surface area contributed by atoms with E-state index >= 15 is 0 Å². The molecule has 2 N–H and O–H groups in total. The number of amidine groups is 1.